The first-order chi connectivity index (χ1) is 62.8. The number of esters is 3. The number of aliphatic hydroxyl groups is 4. The smallest absolute Gasteiger partial charge is 0.493 e. The summed E-state index contributed by atoms with van der Waals surface area (Å²) in [6, 6.07) is 36.5. The van der Waals surface area contributed by atoms with Gasteiger partial charge in [-0.1, -0.05) is 111 Å². The molecule has 5 fully saturated rings. The number of carbonyl (C=O) groups is 5. The predicted molar refractivity (Wildman–Crippen MR) is 463 cm³/mol. The van der Waals surface area contributed by atoms with Gasteiger partial charge in [0.05, 0.1) is 42.2 Å². The summed E-state index contributed by atoms with van der Waals surface area (Å²) in [5, 5.41) is 31.6. The van der Waals surface area contributed by atoms with Crippen LogP contribution >= 0.6 is 60.8 Å². The van der Waals surface area contributed by atoms with Crippen molar-refractivity contribution in [2.45, 2.75) is 144 Å². The summed E-state index contributed by atoms with van der Waals surface area (Å²) in [6.45, 7) is 7.22. The number of fused-ring (bicyclic) bond motifs is 1. The van der Waals surface area contributed by atoms with Crippen molar-refractivity contribution in [1.29, 1.82) is 0 Å². The van der Waals surface area contributed by atoms with E-state index >= 15 is 0 Å². The van der Waals surface area contributed by atoms with Gasteiger partial charge in [-0.25, -0.2) is 9.59 Å². The topological polar surface area (TPSA) is 664 Å². The minimum atomic E-state index is -5.23. The average molecular weight is 2030 g/mol. The van der Waals surface area contributed by atoms with E-state index in [1.165, 1.54) is 205 Å². The lowest BCUT2D eigenvalue weighted by Gasteiger charge is -2.41. The zero-order chi connectivity index (χ0) is 98.1. The van der Waals surface area contributed by atoms with Gasteiger partial charge in [0.25, 0.3) is 20.3 Å². The highest BCUT2D eigenvalue weighted by Crippen LogP contribution is 2.83. The van der Waals surface area contributed by atoms with E-state index in [1.54, 1.807) is 38.1 Å². The van der Waals surface area contributed by atoms with Crippen LogP contribution in [0.2, 0.25) is 0 Å². The number of pyridine rings is 4. The van der Waals surface area contributed by atoms with Crippen molar-refractivity contribution >= 4 is 102 Å². The Kier molecular flexibility index (Phi) is 33.3. The second-order valence-corrected chi connectivity index (χ2v) is 48.5. The number of ether oxygens (including phenoxy) is 8. The fourth-order valence-electron chi connectivity index (χ4n) is 13.3. The number of carbonyl (C=O) groups excluding carboxylic acids is 5. The minimum absolute atomic E-state index is 0.0214. The molecule has 134 heavy (non-hydrogen) atoms. The molecule has 5 aliphatic rings. The highest BCUT2D eigenvalue weighted by Gasteiger charge is 2.71. The summed E-state index contributed by atoms with van der Waals surface area (Å²) in [6.07, 6.45) is 2.31. The van der Waals surface area contributed by atoms with E-state index in [-0.39, 0.29) is 91.9 Å². The first kappa shape index (κ1) is 105. The van der Waals surface area contributed by atoms with Gasteiger partial charge in [-0.05, 0) is 128 Å². The normalized spacial score (nSPS) is 30.1. The van der Waals surface area contributed by atoms with Gasteiger partial charge in [0.1, 0.15) is 30.0 Å². The summed E-state index contributed by atoms with van der Waals surface area (Å²) >= 11 is 0. The number of nitrogens with zero attached hydrogens (tertiary/aromatic N) is 4. The maximum atomic E-state index is 13.1. The van der Waals surface area contributed by atoms with E-state index in [1.807, 2.05) is 0 Å². The van der Waals surface area contributed by atoms with Crippen LogP contribution in [0.4, 0.5) is 9.59 Å². The highest BCUT2D eigenvalue weighted by atomic mass is 31.3. The number of aromatic nitrogens is 4. The van der Waals surface area contributed by atoms with Crippen LogP contribution in [0.25, 0.3) is 10.8 Å². The molecular formula is C81H92N4O41P8. The maximum Gasteiger partial charge on any atom is 0.514 e. The van der Waals surface area contributed by atoms with Gasteiger partial charge >= 0.3 is 91.0 Å². The summed E-state index contributed by atoms with van der Waals surface area (Å²) in [4.78, 5) is 159. The lowest BCUT2D eigenvalue weighted by atomic mass is 9.95. The third-order valence-electron chi connectivity index (χ3n) is 20.6. The van der Waals surface area contributed by atoms with Crippen LogP contribution < -0.4 is 23.7 Å². The zero-order valence-corrected chi connectivity index (χ0v) is 78.8. The number of para-hydroxylation sites is 3. The first-order valence-electron chi connectivity index (χ1n) is 39.9. The molecule has 0 spiro atoms. The molecule has 4 saturated heterocycles. The van der Waals surface area contributed by atoms with Crippen LogP contribution in [0, 0.1) is 11.3 Å². The standard InChI is InChI=1S/C22H23NO9P2.C21H25NO11P2.C21H25NO10P2.C17H19NO11P2/c1-14(2)20(24)30-19-10-9-18(16-7-3-4-8-17(16)19)21-31-33(26,27)22(25,34(28,29)32-21)12-15-6-5-11-23-13-15;1-14(23)30-13-20(2,3)19(24)31-17-9-5-4-8-16(17)18-32-34(26,27)21(25,35(28,29)33-18)11-15-7-6-10-22-12-15;23-20(29-16-8-2-1-3-9-16)30-18-11-5-4-10-17(18)19-31-33(25,26)21(24,34(27,28)32-19)13-15-7-6-12-22-14-15;1-25-13-7-3-6-12(14(13)27-16(19)26-2)15-28-30(21,22)17(20,31(23,24)29-15)9-11-5-4-8-18-10-11/h3-11,13-14,21,25H,12H2,1-2H3,(H,26,27)(H,28,29);4-10,12,18,25H,11,13H2,1-3H3,(H,26,27)(H,28,29);4-7,10-12,14,16,19,24H,1-3,8-9,13H2,(H,25,26)(H,27,28);3-8,10,15,20H,9H2,1-2H3,(H,21,22)(H,23,24). The van der Waals surface area contributed by atoms with E-state index < -0.39 is 168 Å². The molecule has 45 nitrogen and oxygen atoms in total. The Morgan fingerprint density at radius 3 is 1.12 bits per heavy atom. The largest absolute Gasteiger partial charge is 0.514 e. The molecule has 1 saturated carbocycles. The molecule has 4 aromatic heterocycles. The molecule has 8 atom stereocenters. The summed E-state index contributed by atoms with van der Waals surface area (Å²) in [7, 11) is -39.3. The molecule has 5 aromatic carbocycles. The molecule has 9 aromatic rings. The maximum absolute atomic E-state index is 13.1. The molecule has 4 aliphatic heterocycles. The quantitative estimate of drug-likeness (QED) is 0.00985. The van der Waals surface area contributed by atoms with Crippen LogP contribution in [-0.4, -0.2) is 157 Å². The van der Waals surface area contributed by atoms with Gasteiger partial charge in [0.15, 0.2) is 11.5 Å². The molecule has 0 radical (unpaired) electrons. The van der Waals surface area contributed by atoms with Crippen LogP contribution in [0.1, 0.15) is 136 Å². The SMILES string of the molecule is CC(=O)OCC(C)(C)C(=O)Oc1ccccc1C1OP(=O)(O)C(O)(Cc2cccnc2)P(=O)(O)O1.CC(C)C(=O)Oc1ccc(C2OP(=O)(O)C(O)(Cc3cccnc3)P(=O)(O)O2)c2ccccc12.COC(=O)Oc1c(OC)cccc1C1OP(=O)(O)C(O)(Cc2cccnc2)P(=O)(O)O1.O=C(Oc1ccccc1C1OP(=O)(O)C(O)(Cc2cccnc2)P(=O)(O)O1)OC1CCCCC1. The van der Waals surface area contributed by atoms with Crippen LogP contribution in [0.5, 0.6) is 28.7 Å². The molecule has 53 heteroatoms. The van der Waals surface area contributed by atoms with Crippen molar-refractivity contribution in [1.82, 2.24) is 19.9 Å². The summed E-state index contributed by atoms with van der Waals surface area (Å²) in [5.41, 5.74) is -0.775. The van der Waals surface area contributed by atoms with Gasteiger partial charge in [0.2, 0.25) is 25.2 Å². The number of hydrogen-bond acceptors (Lipinski definition) is 37. The monoisotopic (exact) mass is 2020 g/mol. The Morgan fingerprint density at radius 2 is 0.754 bits per heavy atom. The lowest BCUT2D eigenvalue weighted by Crippen LogP contribution is -2.38. The number of methoxy groups -OCH3 is 2. The van der Waals surface area contributed by atoms with Gasteiger partial charge in [-0.2, -0.15) is 0 Å². The Hall–Kier alpha value is -9.25. The van der Waals surface area contributed by atoms with Crippen molar-refractivity contribution in [2.75, 3.05) is 20.8 Å². The van der Waals surface area contributed by atoms with Crippen molar-refractivity contribution in [3.05, 3.63) is 246 Å². The van der Waals surface area contributed by atoms with Crippen molar-refractivity contribution < 1.29 is 194 Å². The molecule has 0 amide bonds. The van der Waals surface area contributed by atoms with Gasteiger partial charge in [0, 0.05) is 93.1 Å². The van der Waals surface area contributed by atoms with Crippen LogP contribution in [0.15, 0.2) is 201 Å². The fraction of sp³-hybridized carbons (Fsp3) is 0.346. The number of benzene rings is 5. The van der Waals surface area contributed by atoms with E-state index in [0.717, 1.165) is 39.2 Å². The molecule has 12 N–H and O–H groups in total. The van der Waals surface area contributed by atoms with E-state index in [0.29, 0.717) is 10.8 Å². The zero-order valence-electron chi connectivity index (χ0n) is 71.7. The Bertz CT molecular complexity index is 6080. The second-order valence-electron chi connectivity index (χ2n) is 31.2. The Morgan fingerprint density at radius 1 is 0.403 bits per heavy atom. The molecule has 722 valence electrons. The van der Waals surface area contributed by atoms with Crippen LogP contribution in [0.3, 0.4) is 0 Å². The minimum Gasteiger partial charge on any atom is -0.493 e. The second kappa shape index (κ2) is 42.4. The number of hydrogen-bond donors (Lipinski definition) is 12. The highest BCUT2D eigenvalue weighted by molar-refractivity contribution is 7.75. The first-order valence-corrected chi connectivity index (χ1v) is 52.5. The van der Waals surface area contributed by atoms with Gasteiger partial charge in [-0.15, -0.1) is 0 Å². The molecule has 8 heterocycles. The molecule has 0 bridgehead atoms. The van der Waals surface area contributed by atoms with E-state index in [4.69, 9.17) is 69.3 Å². The summed E-state index contributed by atoms with van der Waals surface area (Å²) < 4.78 is 186. The lowest BCUT2D eigenvalue weighted by molar-refractivity contribution is -0.154. The molecule has 8 unspecified atom stereocenters. The van der Waals surface area contributed by atoms with Gasteiger partial charge < -0.3 is 97.5 Å². The molecule has 14 rings (SSSR count). The van der Waals surface area contributed by atoms with E-state index in [9.17, 15) is 120 Å². The van der Waals surface area contributed by atoms with Gasteiger partial charge in [-0.3, -0.25) is 107 Å². The van der Waals surface area contributed by atoms with Crippen molar-refractivity contribution in [3.63, 3.8) is 0 Å². The van der Waals surface area contributed by atoms with Crippen LogP contribution in [-0.2, 0) is 127 Å². The van der Waals surface area contributed by atoms with E-state index in [2.05, 4.69) is 24.7 Å². The Balaban J connectivity index is 0.000000172. The summed E-state index contributed by atoms with van der Waals surface area (Å²) in [5.74, 6) is -2.71. The fourth-order valence-corrected chi connectivity index (χ4v) is 27.5. The average Bonchev–Trinajstić information content (AvgIpc) is 0.736. The third kappa shape index (κ3) is 23.4. The molecule has 1 aliphatic carbocycles. The van der Waals surface area contributed by atoms with Crippen molar-refractivity contribution in [3.8, 4) is 28.7 Å². The number of rotatable bonds is 22. The Labute approximate surface area is 762 Å². The van der Waals surface area contributed by atoms with Crippen molar-refractivity contribution in [2.24, 2.45) is 11.3 Å². The third-order valence-corrected chi connectivity index (χ3v) is 39.0. The molecular weight excluding hydrogens is 1930 g/mol. The predicted octanol–water partition coefficient (Wildman–Crippen LogP) is 13.8.